The number of esters is 1. The molecule has 0 bridgehead atoms. The fourth-order valence-electron chi connectivity index (χ4n) is 3.47. The van der Waals surface area contributed by atoms with Gasteiger partial charge in [-0.1, -0.05) is 0 Å². The van der Waals surface area contributed by atoms with E-state index in [-0.39, 0.29) is 24.1 Å². The Bertz CT molecular complexity index is 753. The molecule has 2 aliphatic rings. The van der Waals surface area contributed by atoms with E-state index in [1.165, 1.54) is 0 Å². The van der Waals surface area contributed by atoms with Crippen LogP contribution in [-0.4, -0.2) is 46.2 Å². The third-order valence-corrected chi connectivity index (χ3v) is 4.86. The van der Waals surface area contributed by atoms with Gasteiger partial charge in [-0.15, -0.1) is 0 Å². The monoisotopic (exact) mass is 376 g/mol. The largest absolute Gasteiger partial charge is 0.472 e. The van der Waals surface area contributed by atoms with Gasteiger partial charge >= 0.3 is 12.1 Å². The van der Waals surface area contributed by atoms with Crippen LogP contribution in [0.15, 0.2) is 12.3 Å². The number of rotatable bonds is 2. The molecule has 1 aromatic rings. The minimum Gasteiger partial charge on any atom is -0.472 e. The zero-order valence-electron chi connectivity index (χ0n) is 16.9. The van der Waals surface area contributed by atoms with Crippen LogP contribution in [0.3, 0.4) is 0 Å². The summed E-state index contributed by atoms with van der Waals surface area (Å²) in [7, 11) is 0. The van der Waals surface area contributed by atoms with Gasteiger partial charge in [-0.2, -0.15) is 0 Å². The van der Waals surface area contributed by atoms with E-state index in [1.807, 2.05) is 41.5 Å². The number of cyclic esters (lactones) is 1. The molecule has 0 aromatic carbocycles. The number of carbonyl (C=O) groups is 2. The van der Waals surface area contributed by atoms with E-state index in [0.717, 1.165) is 18.4 Å². The lowest BCUT2D eigenvalue weighted by molar-refractivity contribution is -0.00655. The van der Waals surface area contributed by atoms with Crippen molar-refractivity contribution in [1.29, 1.82) is 0 Å². The van der Waals surface area contributed by atoms with E-state index < -0.39 is 17.2 Å². The second-order valence-corrected chi connectivity index (χ2v) is 8.74. The Hall–Kier alpha value is -2.31. The van der Waals surface area contributed by atoms with Crippen molar-refractivity contribution < 1.29 is 23.8 Å². The van der Waals surface area contributed by atoms with Gasteiger partial charge in [-0.05, 0) is 60.5 Å². The Balaban J connectivity index is 1.77. The van der Waals surface area contributed by atoms with E-state index in [2.05, 4.69) is 4.98 Å². The lowest BCUT2D eigenvalue weighted by Crippen LogP contribution is -2.50. The summed E-state index contributed by atoms with van der Waals surface area (Å²) in [5.41, 5.74) is -0.102. The maximum atomic E-state index is 12.5. The molecule has 148 valence electrons. The zero-order chi connectivity index (χ0) is 20.0. The second kappa shape index (κ2) is 6.69. The number of piperidine rings is 1. The van der Waals surface area contributed by atoms with Crippen LogP contribution in [0.4, 0.5) is 4.79 Å². The Morgan fingerprint density at radius 1 is 1.33 bits per heavy atom. The van der Waals surface area contributed by atoms with Gasteiger partial charge in [0.15, 0.2) is 0 Å². The Labute approximate surface area is 160 Å². The molecule has 1 aromatic heterocycles. The van der Waals surface area contributed by atoms with Crippen molar-refractivity contribution in [2.75, 3.05) is 6.54 Å². The molecule has 7 nitrogen and oxygen atoms in total. The molecule has 7 heteroatoms. The third kappa shape index (κ3) is 4.01. The lowest BCUT2D eigenvalue weighted by Gasteiger charge is -2.38. The van der Waals surface area contributed by atoms with Crippen LogP contribution in [0.2, 0.25) is 0 Å². The van der Waals surface area contributed by atoms with Crippen LogP contribution in [0.25, 0.3) is 0 Å². The van der Waals surface area contributed by atoms with Gasteiger partial charge in [-0.25, -0.2) is 14.6 Å². The smallest absolute Gasteiger partial charge is 0.410 e. The number of nitrogens with zero attached hydrogens (tertiary/aromatic N) is 2. The summed E-state index contributed by atoms with van der Waals surface area (Å²) in [5, 5.41) is 0. The maximum Gasteiger partial charge on any atom is 0.410 e. The highest BCUT2D eigenvalue weighted by Crippen LogP contribution is 2.39. The first-order valence-electron chi connectivity index (χ1n) is 9.37. The molecule has 0 spiro atoms. The maximum absolute atomic E-state index is 12.5. The first-order chi connectivity index (χ1) is 12.5. The number of carbonyl (C=O) groups excluding carboxylic acids is 2. The van der Waals surface area contributed by atoms with E-state index in [4.69, 9.17) is 14.2 Å². The number of fused-ring (bicyclic) bond motifs is 1. The topological polar surface area (TPSA) is 78.0 Å². The van der Waals surface area contributed by atoms with Crippen LogP contribution < -0.4 is 4.74 Å². The zero-order valence-corrected chi connectivity index (χ0v) is 16.9. The van der Waals surface area contributed by atoms with Gasteiger partial charge in [-0.3, -0.25) is 0 Å². The predicted molar refractivity (Wildman–Crippen MR) is 98.7 cm³/mol. The molecule has 0 N–H and O–H groups in total. The quantitative estimate of drug-likeness (QED) is 0.733. The summed E-state index contributed by atoms with van der Waals surface area (Å²) < 4.78 is 17.0. The summed E-state index contributed by atoms with van der Waals surface area (Å²) in [5.74, 6) is -0.155. The molecule has 2 atom stereocenters. The number of ether oxygens (including phenoxy) is 3. The number of amides is 1. The average Bonchev–Trinajstić information content (AvgIpc) is 2.78. The van der Waals surface area contributed by atoms with Crippen molar-refractivity contribution in [1.82, 2.24) is 9.88 Å². The molecule has 1 fully saturated rings. The summed E-state index contributed by atoms with van der Waals surface area (Å²) in [6.45, 7) is 11.6. The fourth-order valence-corrected chi connectivity index (χ4v) is 3.47. The predicted octanol–water partition coefficient (Wildman–Crippen LogP) is 3.65. The minimum absolute atomic E-state index is 0.0676. The highest BCUT2D eigenvalue weighted by Gasteiger charge is 2.41. The lowest BCUT2D eigenvalue weighted by atomic mass is 9.97. The third-order valence-electron chi connectivity index (χ3n) is 4.86. The minimum atomic E-state index is -0.697. The van der Waals surface area contributed by atoms with E-state index in [0.29, 0.717) is 12.1 Å². The average molecular weight is 376 g/mol. The molecule has 0 radical (unpaired) electrons. The van der Waals surface area contributed by atoms with Gasteiger partial charge in [0.25, 0.3) is 0 Å². The van der Waals surface area contributed by atoms with Crippen molar-refractivity contribution in [2.45, 2.75) is 77.7 Å². The van der Waals surface area contributed by atoms with Crippen LogP contribution in [0, 0.1) is 0 Å². The van der Waals surface area contributed by atoms with Crippen molar-refractivity contribution in [3.63, 3.8) is 0 Å². The molecule has 2 unspecified atom stereocenters. The number of hydrogen-bond donors (Lipinski definition) is 0. The van der Waals surface area contributed by atoms with Crippen LogP contribution in [0.5, 0.6) is 5.88 Å². The van der Waals surface area contributed by atoms with Crippen molar-refractivity contribution >= 4 is 12.1 Å². The number of aromatic nitrogens is 1. The molecule has 3 heterocycles. The molecule has 1 amide bonds. The summed E-state index contributed by atoms with van der Waals surface area (Å²) >= 11 is 0. The first kappa shape index (κ1) is 19.5. The van der Waals surface area contributed by atoms with Gasteiger partial charge in [0, 0.05) is 17.8 Å². The van der Waals surface area contributed by atoms with Crippen molar-refractivity contribution in [3.8, 4) is 5.88 Å². The standard InChI is InChI=1S/C20H28N2O5/c1-12-7-8-13(11-22(12)18(24)27-19(2,3)4)25-16-15-14(9-10-21-16)20(5,6)26-17(15)23/h9-10,12-13H,7-8,11H2,1-6H3. The number of hydrogen-bond acceptors (Lipinski definition) is 6. The fraction of sp³-hybridized carbons (Fsp3) is 0.650. The second-order valence-electron chi connectivity index (χ2n) is 8.74. The normalized spacial score (nSPS) is 24.2. The highest BCUT2D eigenvalue weighted by atomic mass is 16.6. The van der Waals surface area contributed by atoms with Gasteiger partial charge < -0.3 is 19.1 Å². The summed E-state index contributed by atoms with van der Waals surface area (Å²) in [4.78, 5) is 30.7. The molecule has 2 aliphatic heterocycles. The molecule has 3 rings (SSSR count). The molecular formula is C20H28N2O5. The van der Waals surface area contributed by atoms with Crippen molar-refractivity contribution in [2.24, 2.45) is 0 Å². The molecule has 0 saturated carbocycles. The van der Waals surface area contributed by atoms with E-state index >= 15 is 0 Å². The van der Waals surface area contributed by atoms with Crippen LogP contribution in [0.1, 0.15) is 70.3 Å². The van der Waals surface area contributed by atoms with Gasteiger partial charge in [0.2, 0.25) is 5.88 Å². The highest BCUT2D eigenvalue weighted by molar-refractivity contribution is 5.96. The summed E-state index contributed by atoms with van der Waals surface area (Å²) in [6.07, 6.45) is 2.56. The number of pyridine rings is 1. The van der Waals surface area contributed by atoms with Gasteiger partial charge in [0.05, 0.1) is 6.54 Å². The Morgan fingerprint density at radius 2 is 2.04 bits per heavy atom. The molecule has 27 heavy (non-hydrogen) atoms. The van der Waals surface area contributed by atoms with E-state index in [1.54, 1.807) is 17.2 Å². The molecule has 0 aliphatic carbocycles. The van der Waals surface area contributed by atoms with Crippen LogP contribution >= 0.6 is 0 Å². The number of likely N-dealkylation sites (tertiary alicyclic amines) is 1. The van der Waals surface area contributed by atoms with Gasteiger partial charge in [0.1, 0.15) is 22.9 Å². The van der Waals surface area contributed by atoms with Crippen molar-refractivity contribution in [3.05, 3.63) is 23.4 Å². The summed E-state index contributed by atoms with van der Waals surface area (Å²) in [6, 6.07) is 1.85. The SMILES string of the molecule is CC1CCC(Oc2nccc3c2C(=O)OC3(C)C)CN1C(=O)OC(C)(C)C. The molecular weight excluding hydrogens is 348 g/mol. The first-order valence-corrected chi connectivity index (χ1v) is 9.37. The Morgan fingerprint density at radius 3 is 2.70 bits per heavy atom. The Kier molecular flexibility index (Phi) is 4.82. The van der Waals surface area contributed by atoms with E-state index in [9.17, 15) is 9.59 Å². The molecule has 1 saturated heterocycles. The van der Waals surface area contributed by atoms with Crippen LogP contribution in [-0.2, 0) is 15.1 Å².